The third kappa shape index (κ3) is 9.79. The first-order valence-electron chi connectivity index (χ1n) is 4.15. The second-order valence-electron chi connectivity index (χ2n) is 2.33. The molecule has 1 aromatic rings. The minimum absolute atomic E-state index is 0. The van der Waals surface area contributed by atoms with Crippen LogP contribution in [0, 0.1) is 6.92 Å². The molecule has 0 atom stereocenters. The molecule has 0 spiro atoms. The van der Waals surface area contributed by atoms with Gasteiger partial charge in [0.1, 0.15) is 0 Å². The topological polar surface area (TPSA) is 33.1 Å². The van der Waals surface area contributed by atoms with E-state index in [0.717, 1.165) is 6.42 Å². The summed E-state index contributed by atoms with van der Waals surface area (Å²) in [7, 11) is 0. The summed E-state index contributed by atoms with van der Waals surface area (Å²) in [6, 6.07) is 5.44. The molecule has 2 nitrogen and oxygen atoms in total. The molecule has 0 saturated heterocycles. The molecule has 0 aliphatic rings. The van der Waals surface area contributed by atoms with Gasteiger partial charge >= 0.3 is 23.1 Å². The third-order valence-electron chi connectivity index (χ3n) is 1.24. The van der Waals surface area contributed by atoms with Gasteiger partial charge in [0.25, 0.3) is 0 Å². The van der Waals surface area contributed by atoms with Gasteiger partial charge in [-0.15, -0.1) is 0 Å². The van der Waals surface area contributed by atoms with Crippen molar-refractivity contribution in [2.45, 2.75) is 26.4 Å². The van der Waals surface area contributed by atoms with Crippen molar-refractivity contribution in [3.05, 3.63) is 37.0 Å². The Balaban J connectivity index is 0. The standard InChI is InChI=1S/C6H7NO.C4H9.Mg/c8-5-6-3-1-2-4-7-6;1-3-4-2;/h1-4,8H,5H2;1,3-4H2,2H3;/q;-1;+2. The maximum atomic E-state index is 8.48. The molecule has 3 heteroatoms. The SMILES string of the molecule is OCc1ccccn1.[CH2-]CCC.[Mg+2]. The van der Waals surface area contributed by atoms with E-state index in [1.807, 2.05) is 12.1 Å². The van der Waals surface area contributed by atoms with Crippen LogP contribution < -0.4 is 0 Å². The fraction of sp³-hybridized carbons (Fsp3) is 0.400. The summed E-state index contributed by atoms with van der Waals surface area (Å²) in [6.07, 6.45) is 3.94. The van der Waals surface area contributed by atoms with Crippen LogP contribution in [0.5, 0.6) is 0 Å². The average molecular weight is 191 g/mol. The van der Waals surface area contributed by atoms with Crippen LogP contribution in [0.2, 0.25) is 0 Å². The Bertz CT molecular complexity index is 178. The fourth-order valence-electron chi connectivity index (χ4n) is 0.492. The smallest absolute Gasteiger partial charge is 0.390 e. The second-order valence-corrected chi connectivity index (χ2v) is 2.33. The maximum absolute atomic E-state index is 8.48. The summed E-state index contributed by atoms with van der Waals surface area (Å²) >= 11 is 0. The van der Waals surface area contributed by atoms with Crippen molar-refractivity contribution < 1.29 is 5.11 Å². The van der Waals surface area contributed by atoms with Crippen LogP contribution in [0.4, 0.5) is 0 Å². The molecule has 0 aliphatic heterocycles. The van der Waals surface area contributed by atoms with Gasteiger partial charge in [0.15, 0.2) is 0 Å². The van der Waals surface area contributed by atoms with Crippen molar-refractivity contribution in [1.82, 2.24) is 4.98 Å². The number of hydrogen-bond donors (Lipinski definition) is 1. The molecule has 1 aromatic heterocycles. The van der Waals surface area contributed by atoms with E-state index in [1.54, 1.807) is 12.3 Å². The van der Waals surface area contributed by atoms with E-state index in [9.17, 15) is 0 Å². The van der Waals surface area contributed by atoms with E-state index in [1.165, 1.54) is 6.42 Å². The van der Waals surface area contributed by atoms with E-state index in [2.05, 4.69) is 18.8 Å². The molecule has 1 heterocycles. The molecule has 0 unspecified atom stereocenters. The molecule has 1 rings (SSSR count). The van der Waals surface area contributed by atoms with E-state index < -0.39 is 0 Å². The van der Waals surface area contributed by atoms with Gasteiger partial charge in [-0.25, -0.2) is 0 Å². The zero-order valence-electron chi connectivity index (χ0n) is 8.24. The largest absolute Gasteiger partial charge is 2.00 e. The van der Waals surface area contributed by atoms with Crippen LogP contribution >= 0.6 is 0 Å². The van der Waals surface area contributed by atoms with Crippen molar-refractivity contribution in [1.29, 1.82) is 0 Å². The van der Waals surface area contributed by atoms with Crippen molar-refractivity contribution in [3.63, 3.8) is 0 Å². The Hall–Kier alpha value is -0.124. The van der Waals surface area contributed by atoms with Crippen LogP contribution in [-0.2, 0) is 6.61 Å². The van der Waals surface area contributed by atoms with Gasteiger partial charge in [0, 0.05) is 6.20 Å². The first kappa shape index (κ1) is 15.4. The Labute approximate surface area is 96.5 Å². The molecule has 0 radical (unpaired) electrons. The predicted octanol–water partition coefficient (Wildman–Crippen LogP) is 1.81. The number of rotatable bonds is 2. The quantitative estimate of drug-likeness (QED) is 0.570. The first-order valence-corrected chi connectivity index (χ1v) is 4.15. The number of hydrogen-bond acceptors (Lipinski definition) is 2. The van der Waals surface area contributed by atoms with Crippen molar-refractivity contribution in [3.8, 4) is 0 Å². The molecule has 0 bridgehead atoms. The van der Waals surface area contributed by atoms with Crippen LogP contribution in [0.3, 0.4) is 0 Å². The number of unbranched alkanes of at least 4 members (excludes halogenated alkanes) is 1. The summed E-state index contributed by atoms with van der Waals surface area (Å²) in [4.78, 5) is 3.85. The Kier molecular flexibility index (Phi) is 14.0. The normalized spacial score (nSPS) is 7.92. The first-order chi connectivity index (χ1) is 5.85. The Morgan fingerprint density at radius 2 is 2.08 bits per heavy atom. The monoisotopic (exact) mass is 190 g/mol. The van der Waals surface area contributed by atoms with Gasteiger partial charge in [0.05, 0.1) is 12.3 Å². The molecule has 68 valence electrons. The summed E-state index contributed by atoms with van der Waals surface area (Å²) in [5.41, 5.74) is 0.715. The van der Waals surface area contributed by atoms with Crippen molar-refractivity contribution in [2.24, 2.45) is 0 Å². The summed E-state index contributed by atoms with van der Waals surface area (Å²) in [5.74, 6) is 0. The molecular formula is C10H16MgNO+. The van der Waals surface area contributed by atoms with Crippen LogP contribution in [0.1, 0.15) is 25.5 Å². The van der Waals surface area contributed by atoms with Gasteiger partial charge in [-0.1, -0.05) is 19.4 Å². The number of aromatic nitrogens is 1. The zero-order valence-corrected chi connectivity index (χ0v) is 9.65. The summed E-state index contributed by atoms with van der Waals surface area (Å²) in [5, 5.41) is 8.48. The third-order valence-corrected chi connectivity index (χ3v) is 1.24. The summed E-state index contributed by atoms with van der Waals surface area (Å²) < 4.78 is 0. The molecule has 13 heavy (non-hydrogen) atoms. The van der Waals surface area contributed by atoms with Gasteiger partial charge in [-0.3, -0.25) is 4.98 Å². The minimum atomic E-state index is 0. The molecule has 0 saturated carbocycles. The number of pyridine rings is 1. The molecule has 1 N–H and O–H groups in total. The van der Waals surface area contributed by atoms with E-state index >= 15 is 0 Å². The van der Waals surface area contributed by atoms with E-state index in [4.69, 9.17) is 5.11 Å². The Morgan fingerprint density at radius 3 is 2.31 bits per heavy atom. The number of aliphatic hydroxyl groups is 1. The average Bonchev–Trinajstić information content (AvgIpc) is 2.19. The van der Waals surface area contributed by atoms with Gasteiger partial charge < -0.3 is 12.0 Å². The second kappa shape index (κ2) is 11.9. The molecule has 0 aliphatic carbocycles. The maximum Gasteiger partial charge on any atom is 2.00 e. The van der Waals surface area contributed by atoms with Crippen LogP contribution in [0.25, 0.3) is 0 Å². The predicted molar refractivity (Wildman–Crippen MR) is 56.2 cm³/mol. The number of nitrogens with zero attached hydrogens (tertiary/aromatic N) is 1. The van der Waals surface area contributed by atoms with Crippen molar-refractivity contribution >= 4 is 23.1 Å². The molecular weight excluding hydrogens is 174 g/mol. The molecule has 0 amide bonds. The van der Waals surface area contributed by atoms with Gasteiger partial charge in [-0.2, -0.15) is 6.42 Å². The van der Waals surface area contributed by atoms with E-state index in [0.29, 0.717) is 5.69 Å². The van der Waals surface area contributed by atoms with Crippen LogP contribution in [0.15, 0.2) is 24.4 Å². The van der Waals surface area contributed by atoms with Crippen molar-refractivity contribution in [2.75, 3.05) is 0 Å². The molecule has 0 aromatic carbocycles. The number of aliphatic hydroxyl groups excluding tert-OH is 1. The van der Waals surface area contributed by atoms with Gasteiger partial charge in [-0.05, 0) is 12.1 Å². The minimum Gasteiger partial charge on any atom is -0.390 e. The molecule has 0 fully saturated rings. The van der Waals surface area contributed by atoms with E-state index in [-0.39, 0.29) is 29.7 Å². The zero-order chi connectivity index (χ0) is 9.23. The Morgan fingerprint density at radius 1 is 1.46 bits per heavy atom. The van der Waals surface area contributed by atoms with Gasteiger partial charge in [0.2, 0.25) is 0 Å². The fourth-order valence-corrected chi connectivity index (χ4v) is 0.492. The van der Waals surface area contributed by atoms with Crippen LogP contribution in [-0.4, -0.2) is 33.1 Å². The summed E-state index contributed by atoms with van der Waals surface area (Å²) in [6.45, 7) is 5.75.